The first-order valence-electron chi connectivity index (χ1n) is 7.99. The molecule has 0 amide bonds. The molecule has 0 bridgehead atoms. The van der Waals surface area contributed by atoms with Crippen molar-refractivity contribution in [3.63, 3.8) is 0 Å². The number of nitrogens with zero attached hydrogens (tertiary/aromatic N) is 2. The van der Waals surface area contributed by atoms with Gasteiger partial charge in [-0.3, -0.25) is 4.98 Å². The topological polar surface area (TPSA) is 57.9 Å². The molecule has 0 aliphatic carbocycles. The highest BCUT2D eigenvalue weighted by Crippen LogP contribution is 2.30. The minimum atomic E-state index is 0.108. The van der Waals surface area contributed by atoms with Crippen LogP contribution in [0.2, 0.25) is 0 Å². The summed E-state index contributed by atoms with van der Waals surface area (Å²) in [5.41, 5.74) is 4.44. The van der Waals surface area contributed by atoms with Crippen molar-refractivity contribution in [2.75, 3.05) is 11.9 Å². The number of rotatable bonds is 3. The molecule has 1 N–H and O–H groups in total. The van der Waals surface area contributed by atoms with E-state index in [9.17, 15) is 5.26 Å². The van der Waals surface area contributed by atoms with E-state index in [2.05, 4.69) is 28.5 Å². The average molecular weight is 307 g/mol. The smallest absolute Gasteiger partial charge is 0.103 e. The number of nitriles is 1. The Morgan fingerprint density at radius 2 is 2.04 bits per heavy atom. The van der Waals surface area contributed by atoms with E-state index < -0.39 is 0 Å². The third-order valence-electron chi connectivity index (χ3n) is 4.26. The van der Waals surface area contributed by atoms with Gasteiger partial charge in [-0.25, -0.2) is 0 Å². The minimum absolute atomic E-state index is 0.108. The van der Waals surface area contributed by atoms with Crippen molar-refractivity contribution in [2.45, 2.75) is 38.8 Å². The molecule has 0 spiro atoms. The molecule has 23 heavy (non-hydrogen) atoms. The Morgan fingerprint density at radius 1 is 1.26 bits per heavy atom. The predicted molar refractivity (Wildman–Crippen MR) is 90.2 cm³/mol. The van der Waals surface area contributed by atoms with Crippen molar-refractivity contribution in [1.29, 1.82) is 5.26 Å². The minimum Gasteiger partial charge on any atom is -0.381 e. The lowest BCUT2D eigenvalue weighted by Crippen LogP contribution is -2.30. The Morgan fingerprint density at radius 3 is 2.78 bits per heavy atom. The highest BCUT2D eigenvalue weighted by molar-refractivity contribution is 5.60. The first-order valence-corrected chi connectivity index (χ1v) is 7.99. The van der Waals surface area contributed by atoms with Crippen LogP contribution < -0.4 is 5.32 Å². The lowest BCUT2D eigenvalue weighted by atomic mass is 9.97. The van der Waals surface area contributed by atoms with Crippen LogP contribution >= 0.6 is 0 Å². The van der Waals surface area contributed by atoms with Gasteiger partial charge in [0.2, 0.25) is 0 Å². The highest BCUT2D eigenvalue weighted by Gasteiger charge is 2.24. The number of pyridine rings is 1. The van der Waals surface area contributed by atoms with E-state index in [0.29, 0.717) is 11.6 Å². The molecule has 2 heterocycles. The van der Waals surface area contributed by atoms with E-state index in [1.807, 2.05) is 38.1 Å². The summed E-state index contributed by atoms with van der Waals surface area (Å²) >= 11 is 0. The third-order valence-corrected chi connectivity index (χ3v) is 4.26. The number of ether oxygens (including phenoxy) is 1. The Labute approximate surface area is 137 Å². The fraction of sp³-hybridized carbons (Fsp3) is 0.368. The van der Waals surface area contributed by atoms with Gasteiger partial charge in [0.1, 0.15) is 6.07 Å². The Kier molecular flexibility index (Phi) is 4.59. The molecule has 2 unspecified atom stereocenters. The zero-order valence-corrected chi connectivity index (χ0v) is 13.5. The molecule has 0 radical (unpaired) electrons. The van der Waals surface area contributed by atoms with Crippen LogP contribution in [0.3, 0.4) is 0 Å². The summed E-state index contributed by atoms with van der Waals surface area (Å²) in [7, 11) is 0. The van der Waals surface area contributed by atoms with Crippen molar-refractivity contribution in [3.8, 4) is 6.07 Å². The van der Waals surface area contributed by atoms with Crippen LogP contribution in [-0.4, -0.2) is 17.6 Å². The summed E-state index contributed by atoms with van der Waals surface area (Å²) in [6, 6.07) is 14.8. The van der Waals surface area contributed by atoms with Crippen LogP contribution in [0.1, 0.15) is 41.5 Å². The molecule has 4 heteroatoms. The summed E-state index contributed by atoms with van der Waals surface area (Å²) in [5.74, 6) is 0. The third kappa shape index (κ3) is 3.52. The fourth-order valence-corrected chi connectivity index (χ4v) is 3.13. The SMILES string of the molecule is Cc1cc(NC2CCOC(c3ccccc3)C2)c(C#N)c(C)n1. The molecule has 2 aromatic rings. The molecule has 1 fully saturated rings. The van der Waals surface area contributed by atoms with Crippen LogP contribution in [-0.2, 0) is 4.74 Å². The highest BCUT2D eigenvalue weighted by atomic mass is 16.5. The molecule has 4 nitrogen and oxygen atoms in total. The number of benzene rings is 1. The van der Waals surface area contributed by atoms with Gasteiger partial charge in [-0.1, -0.05) is 30.3 Å². The molecule has 1 aromatic carbocycles. The monoisotopic (exact) mass is 307 g/mol. The number of hydrogen-bond acceptors (Lipinski definition) is 4. The second kappa shape index (κ2) is 6.80. The van der Waals surface area contributed by atoms with Crippen molar-refractivity contribution in [3.05, 3.63) is 58.9 Å². The molecular formula is C19H21N3O. The first-order chi connectivity index (χ1) is 11.2. The zero-order valence-electron chi connectivity index (χ0n) is 13.5. The van der Waals surface area contributed by atoms with E-state index >= 15 is 0 Å². The number of hydrogen-bond donors (Lipinski definition) is 1. The first kappa shape index (κ1) is 15.5. The van der Waals surface area contributed by atoms with Gasteiger partial charge in [-0.05, 0) is 38.3 Å². The quantitative estimate of drug-likeness (QED) is 0.934. The Bertz CT molecular complexity index is 721. The molecule has 0 saturated carbocycles. The summed E-state index contributed by atoms with van der Waals surface area (Å²) in [5, 5.41) is 12.9. The second-order valence-corrected chi connectivity index (χ2v) is 6.02. The summed E-state index contributed by atoms with van der Waals surface area (Å²) < 4.78 is 5.92. The second-order valence-electron chi connectivity index (χ2n) is 6.02. The fourth-order valence-electron chi connectivity index (χ4n) is 3.13. The number of aromatic nitrogens is 1. The van der Waals surface area contributed by atoms with E-state index in [1.165, 1.54) is 5.56 Å². The van der Waals surface area contributed by atoms with Crippen molar-refractivity contribution in [1.82, 2.24) is 4.98 Å². The van der Waals surface area contributed by atoms with Gasteiger partial charge in [0.25, 0.3) is 0 Å². The summed E-state index contributed by atoms with van der Waals surface area (Å²) in [6.45, 7) is 4.56. The van der Waals surface area contributed by atoms with Gasteiger partial charge in [-0.15, -0.1) is 0 Å². The van der Waals surface area contributed by atoms with Crippen LogP contribution in [0.5, 0.6) is 0 Å². The molecular weight excluding hydrogens is 286 g/mol. The lowest BCUT2D eigenvalue weighted by molar-refractivity contribution is 0.00979. The molecule has 1 aliphatic rings. The van der Waals surface area contributed by atoms with E-state index in [1.54, 1.807) is 0 Å². The largest absolute Gasteiger partial charge is 0.381 e. The van der Waals surface area contributed by atoms with Crippen molar-refractivity contribution in [2.24, 2.45) is 0 Å². The van der Waals surface area contributed by atoms with Gasteiger partial charge in [0, 0.05) is 18.3 Å². The van der Waals surface area contributed by atoms with Crippen LogP contribution in [0.15, 0.2) is 36.4 Å². The van der Waals surface area contributed by atoms with Crippen molar-refractivity contribution < 1.29 is 4.74 Å². The standard InChI is InChI=1S/C19H21N3O/c1-13-10-18(17(12-20)14(2)21-13)22-16-8-9-23-19(11-16)15-6-4-3-5-7-15/h3-7,10,16,19H,8-9,11H2,1-2H3,(H,21,22). The Balaban J connectivity index is 1.77. The van der Waals surface area contributed by atoms with E-state index in [-0.39, 0.29) is 6.10 Å². The van der Waals surface area contributed by atoms with Crippen LogP contribution in [0.25, 0.3) is 0 Å². The Hall–Kier alpha value is -2.38. The zero-order chi connectivity index (χ0) is 16.2. The molecule has 2 atom stereocenters. The van der Waals surface area contributed by atoms with Crippen LogP contribution in [0, 0.1) is 25.2 Å². The van der Waals surface area contributed by atoms with Gasteiger partial charge < -0.3 is 10.1 Å². The molecule has 1 aromatic heterocycles. The maximum Gasteiger partial charge on any atom is 0.103 e. The van der Waals surface area contributed by atoms with E-state index in [0.717, 1.165) is 36.5 Å². The van der Waals surface area contributed by atoms with Crippen LogP contribution in [0.4, 0.5) is 5.69 Å². The maximum absolute atomic E-state index is 9.39. The molecule has 1 aliphatic heterocycles. The maximum atomic E-state index is 9.39. The van der Waals surface area contributed by atoms with E-state index in [4.69, 9.17) is 4.74 Å². The normalized spacial score (nSPS) is 20.7. The lowest BCUT2D eigenvalue weighted by Gasteiger charge is -2.31. The molecule has 118 valence electrons. The van der Waals surface area contributed by atoms with Gasteiger partial charge in [-0.2, -0.15) is 5.26 Å². The number of aryl methyl sites for hydroxylation is 2. The predicted octanol–water partition coefficient (Wildman–Crippen LogP) is 3.90. The van der Waals surface area contributed by atoms with Gasteiger partial charge in [0.05, 0.1) is 23.0 Å². The van der Waals surface area contributed by atoms with Gasteiger partial charge >= 0.3 is 0 Å². The molecule has 3 rings (SSSR count). The molecule has 1 saturated heterocycles. The number of nitrogens with one attached hydrogen (secondary N) is 1. The van der Waals surface area contributed by atoms with Gasteiger partial charge in [0.15, 0.2) is 0 Å². The summed E-state index contributed by atoms with van der Waals surface area (Å²) in [6.07, 6.45) is 1.95. The average Bonchev–Trinajstić information content (AvgIpc) is 2.56. The van der Waals surface area contributed by atoms with Crippen molar-refractivity contribution >= 4 is 5.69 Å². The summed E-state index contributed by atoms with van der Waals surface area (Å²) in [4.78, 5) is 4.37. The number of anilines is 1.